The molecule has 1 N–H and O–H groups in total. The molecule has 2 heterocycles. The number of hydrogen-bond acceptors (Lipinski definition) is 4. The number of anilines is 1. The number of rotatable bonds is 4. The largest absolute Gasteiger partial charge is 0.376 e. The average molecular weight is 249 g/mol. The first-order valence-electron chi connectivity index (χ1n) is 6.77. The highest BCUT2D eigenvalue weighted by molar-refractivity contribution is 5.31. The summed E-state index contributed by atoms with van der Waals surface area (Å²) in [6.07, 6.45) is 9.33. The zero-order valence-corrected chi connectivity index (χ0v) is 10.5. The molecule has 2 fully saturated rings. The fraction of sp³-hybridized carbons (Fsp3) is 0.692. The zero-order chi connectivity index (χ0) is 12.4. The molecule has 1 aliphatic carbocycles. The van der Waals surface area contributed by atoms with Crippen molar-refractivity contribution in [3.63, 3.8) is 0 Å². The molecule has 0 spiro atoms. The van der Waals surface area contributed by atoms with Gasteiger partial charge >= 0.3 is 0 Å². The van der Waals surface area contributed by atoms with Crippen molar-refractivity contribution in [1.82, 2.24) is 9.55 Å². The van der Waals surface area contributed by atoms with Gasteiger partial charge in [0.2, 0.25) is 0 Å². The van der Waals surface area contributed by atoms with Crippen molar-refractivity contribution in [2.45, 2.75) is 44.2 Å². The van der Waals surface area contributed by atoms with Gasteiger partial charge in [0.1, 0.15) is 0 Å². The Morgan fingerprint density at radius 2 is 2.28 bits per heavy atom. The number of nitrogens with one attached hydrogen (secondary N) is 1. The molecule has 5 nitrogen and oxygen atoms in total. The third-order valence-corrected chi connectivity index (χ3v) is 3.58. The van der Waals surface area contributed by atoms with Gasteiger partial charge in [0.15, 0.2) is 5.82 Å². The summed E-state index contributed by atoms with van der Waals surface area (Å²) in [6.45, 7) is 1.51. The van der Waals surface area contributed by atoms with E-state index in [0.29, 0.717) is 18.4 Å². The minimum absolute atomic E-state index is 0.00388. The second kappa shape index (κ2) is 5.10. The smallest absolute Gasteiger partial charge is 0.293 e. The topological polar surface area (TPSA) is 56.1 Å². The third kappa shape index (κ3) is 2.56. The number of aromatic nitrogens is 2. The van der Waals surface area contributed by atoms with Crippen molar-refractivity contribution in [2.24, 2.45) is 0 Å². The summed E-state index contributed by atoms with van der Waals surface area (Å²) >= 11 is 0. The summed E-state index contributed by atoms with van der Waals surface area (Å²) in [5.41, 5.74) is -0.00388. The summed E-state index contributed by atoms with van der Waals surface area (Å²) in [7, 11) is 0. The summed E-state index contributed by atoms with van der Waals surface area (Å²) < 4.78 is 7.42. The highest BCUT2D eigenvalue weighted by atomic mass is 16.5. The maximum absolute atomic E-state index is 12.1. The first-order chi connectivity index (χ1) is 8.84. The van der Waals surface area contributed by atoms with Gasteiger partial charge in [-0.1, -0.05) is 0 Å². The van der Waals surface area contributed by atoms with Crippen molar-refractivity contribution >= 4 is 5.82 Å². The molecule has 1 aliphatic heterocycles. The van der Waals surface area contributed by atoms with Crippen LogP contribution in [0.2, 0.25) is 0 Å². The van der Waals surface area contributed by atoms with E-state index in [1.54, 1.807) is 17.0 Å². The summed E-state index contributed by atoms with van der Waals surface area (Å²) in [5.74, 6) is 0.457. The molecule has 1 aromatic heterocycles. The van der Waals surface area contributed by atoms with E-state index in [2.05, 4.69) is 10.3 Å². The molecule has 98 valence electrons. The van der Waals surface area contributed by atoms with E-state index < -0.39 is 0 Å². The van der Waals surface area contributed by atoms with Crippen LogP contribution in [0.3, 0.4) is 0 Å². The molecule has 1 aromatic rings. The standard InChI is InChI=1S/C13H19N3O2/c17-13-12(14-6-7-16(13)10-4-5-10)15-9-11-3-1-2-8-18-11/h6-7,10-11H,1-5,8-9H2,(H,14,15). The minimum atomic E-state index is -0.00388. The lowest BCUT2D eigenvalue weighted by Gasteiger charge is -2.22. The van der Waals surface area contributed by atoms with Gasteiger partial charge < -0.3 is 14.6 Å². The van der Waals surface area contributed by atoms with Gasteiger partial charge in [-0.3, -0.25) is 4.79 Å². The Labute approximate surface area is 106 Å². The highest BCUT2D eigenvalue weighted by Crippen LogP contribution is 2.33. The van der Waals surface area contributed by atoms with E-state index in [9.17, 15) is 4.79 Å². The van der Waals surface area contributed by atoms with Crippen LogP contribution >= 0.6 is 0 Å². The second-order valence-corrected chi connectivity index (χ2v) is 5.09. The number of nitrogens with zero attached hydrogens (tertiary/aromatic N) is 2. The van der Waals surface area contributed by atoms with E-state index in [0.717, 1.165) is 32.3 Å². The van der Waals surface area contributed by atoms with Crippen LogP contribution < -0.4 is 10.9 Å². The van der Waals surface area contributed by atoms with Crippen LogP contribution in [0.5, 0.6) is 0 Å². The molecule has 2 aliphatic rings. The van der Waals surface area contributed by atoms with Gasteiger partial charge in [0, 0.05) is 31.6 Å². The Morgan fingerprint density at radius 1 is 1.39 bits per heavy atom. The van der Waals surface area contributed by atoms with Gasteiger partial charge in [-0.15, -0.1) is 0 Å². The lowest BCUT2D eigenvalue weighted by atomic mass is 10.1. The van der Waals surface area contributed by atoms with Crippen LogP contribution in [-0.2, 0) is 4.74 Å². The zero-order valence-electron chi connectivity index (χ0n) is 10.5. The summed E-state index contributed by atoms with van der Waals surface area (Å²) in [5, 5.41) is 3.14. The van der Waals surface area contributed by atoms with Gasteiger partial charge in [-0.2, -0.15) is 0 Å². The second-order valence-electron chi connectivity index (χ2n) is 5.09. The molecular weight excluding hydrogens is 230 g/mol. The third-order valence-electron chi connectivity index (χ3n) is 3.58. The van der Waals surface area contributed by atoms with Gasteiger partial charge in [0.25, 0.3) is 5.56 Å². The maximum Gasteiger partial charge on any atom is 0.293 e. The fourth-order valence-electron chi connectivity index (χ4n) is 2.37. The Balaban J connectivity index is 1.65. The predicted molar refractivity (Wildman–Crippen MR) is 68.8 cm³/mol. The first-order valence-corrected chi connectivity index (χ1v) is 6.77. The molecule has 1 unspecified atom stereocenters. The van der Waals surface area contributed by atoms with Crippen molar-refractivity contribution in [3.8, 4) is 0 Å². The maximum atomic E-state index is 12.1. The van der Waals surface area contributed by atoms with Gasteiger partial charge in [-0.25, -0.2) is 4.98 Å². The monoisotopic (exact) mass is 249 g/mol. The Hall–Kier alpha value is -1.36. The van der Waals surface area contributed by atoms with Crippen LogP contribution in [-0.4, -0.2) is 28.8 Å². The van der Waals surface area contributed by atoms with Crippen LogP contribution in [0.25, 0.3) is 0 Å². The highest BCUT2D eigenvalue weighted by Gasteiger charge is 2.25. The molecule has 5 heteroatoms. The van der Waals surface area contributed by atoms with E-state index in [1.807, 2.05) is 0 Å². The van der Waals surface area contributed by atoms with E-state index in [-0.39, 0.29) is 11.7 Å². The lowest BCUT2D eigenvalue weighted by molar-refractivity contribution is 0.0247. The molecule has 0 amide bonds. The van der Waals surface area contributed by atoms with E-state index in [1.165, 1.54) is 6.42 Å². The summed E-state index contributed by atoms with van der Waals surface area (Å²) in [6, 6.07) is 0.395. The molecule has 0 aromatic carbocycles. The molecule has 3 rings (SSSR count). The van der Waals surface area contributed by atoms with Gasteiger partial charge in [-0.05, 0) is 32.1 Å². The SMILES string of the molecule is O=c1c(NCC2CCCCO2)nccn1C1CC1. The molecule has 1 saturated carbocycles. The number of ether oxygens (including phenoxy) is 1. The number of hydrogen-bond donors (Lipinski definition) is 1. The quantitative estimate of drug-likeness (QED) is 0.879. The Bertz CT molecular complexity index is 462. The molecule has 1 saturated heterocycles. The van der Waals surface area contributed by atoms with Crippen LogP contribution in [0.15, 0.2) is 17.2 Å². The van der Waals surface area contributed by atoms with Crippen LogP contribution in [0.1, 0.15) is 38.1 Å². The average Bonchev–Trinajstić information content (AvgIpc) is 3.23. The van der Waals surface area contributed by atoms with E-state index >= 15 is 0 Å². The predicted octanol–water partition coefficient (Wildman–Crippen LogP) is 1.56. The van der Waals surface area contributed by atoms with Gasteiger partial charge in [0.05, 0.1) is 6.10 Å². The molecule has 0 bridgehead atoms. The van der Waals surface area contributed by atoms with Crippen molar-refractivity contribution in [2.75, 3.05) is 18.5 Å². The first kappa shape index (κ1) is 11.7. The minimum Gasteiger partial charge on any atom is -0.376 e. The lowest BCUT2D eigenvalue weighted by Crippen LogP contribution is -2.30. The molecular formula is C13H19N3O2. The normalized spacial score (nSPS) is 23.9. The van der Waals surface area contributed by atoms with Crippen molar-refractivity contribution < 1.29 is 4.74 Å². The van der Waals surface area contributed by atoms with E-state index in [4.69, 9.17) is 4.74 Å². The fourth-order valence-corrected chi connectivity index (χ4v) is 2.37. The molecule has 18 heavy (non-hydrogen) atoms. The Kier molecular flexibility index (Phi) is 3.32. The summed E-state index contributed by atoms with van der Waals surface area (Å²) in [4.78, 5) is 16.3. The van der Waals surface area contributed by atoms with Crippen LogP contribution in [0, 0.1) is 0 Å². The Morgan fingerprint density at radius 3 is 3.00 bits per heavy atom. The van der Waals surface area contributed by atoms with Crippen LogP contribution in [0.4, 0.5) is 5.82 Å². The van der Waals surface area contributed by atoms with Crippen molar-refractivity contribution in [1.29, 1.82) is 0 Å². The molecule has 0 radical (unpaired) electrons. The molecule has 1 atom stereocenters. The van der Waals surface area contributed by atoms with Crippen molar-refractivity contribution in [3.05, 3.63) is 22.7 Å².